The zero-order valence-electron chi connectivity index (χ0n) is 17.6. The lowest BCUT2D eigenvalue weighted by molar-refractivity contribution is 0.0284. The highest BCUT2D eigenvalue weighted by molar-refractivity contribution is 5.83. The van der Waals surface area contributed by atoms with E-state index in [0.717, 1.165) is 16.5 Å². The normalized spacial score (nSPS) is 13.7. The molecule has 2 atom stereocenters. The van der Waals surface area contributed by atoms with Gasteiger partial charge < -0.3 is 15.4 Å². The smallest absolute Gasteiger partial charge is 0.410 e. The monoisotopic (exact) mass is 390 g/mol. The summed E-state index contributed by atoms with van der Waals surface area (Å²) in [6, 6.07) is 24.4. The maximum atomic E-state index is 12.6. The minimum absolute atomic E-state index is 0.0699. The zero-order valence-corrected chi connectivity index (χ0v) is 17.6. The number of hydrogen-bond acceptors (Lipinski definition) is 3. The van der Waals surface area contributed by atoms with Gasteiger partial charge in [0.15, 0.2) is 0 Å². The lowest BCUT2D eigenvalue weighted by Gasteiger charge is -2.31. The molecule has 3 aromatic rings. The van der Waals surface area contributed by atoms with E-state index >= 15 is 0 Å². The van der Waals surface area contributed by atoms with Gasteiger partial charge >= 0.3 is 6.09 Å². The molecular formula is C25H30N2O2. The Morgan fingerprint density at radius 1 is 0.931 bits per heavy atom. The molecule has 0 saturated carbocycles. The number of carbonyl (C=O) groups excluding carboxylic acids is 1. The third-order valence-corrected chi connectivity index (χ3v) is 5.00. The molecule has 0 aromatic heterocycles. The van der Waals surface area contributed by atoms with Crippen LogP contribution in [0, 0.1) is 0 Å². The van der Waals surface area contributed by atoms with Gasteiger partial charge in [-0.3, -0.25) is 0 Å². The van der Waals surface area contributed by atoms with Crippen LogP contribution in [-0.2, 0) is 4.74 Å². The van der Waals surface area contributed by atoms with Crippen LogP contribution in [0.1, 0.15) is 43.9 Å². The number of benzene rings is 3. The summed E-state index contributed by atoms with van der Waals surface area (Å²) in [7, 11) is 1.76. The first-order valence-corrected chi connectivity index (χ1v) is 9.98. The molecule has 2 N–H and O–H groups in total. The van der Waals surface area contributed by atoms with Crippen molar-refractivity contribution in [2.24, 2.45) is 5.73 Å². The molecular weight excluding hydrogens is 360 g/mol. The number of hydrogen-bond donors (Lipinski definition) is 1. The summed E-state index contributed by atoms with van der Waals surface area (Å²) in [4.78, 5) is 14.2. The quantitative estimate of drug-likeness (QED) is 0.627. The molecule has 0 aliphatic rings. The number of carbonyl (C=O) groups is 1. The van der Waals surface area contributed by atoms with Gasteiger partial charge in [-0.05, 0) is 42.7 Å². The van der Waals surface area contributed by atoms with E-state index in [0.29, 0.717) is 6.54 Å². The molecule has 4 nitrogen and oxygen atoms in total. The molecule has 29 heavy (non-hydrogen) atoms. The fourth-order valence-corrected chi connectivity index (χ4v) is 3.48. The van der Waals surface area contributed by atoms with Crippen molar-refractivity contribution in [2.75, 3.05) is 13.6 Å². The van der Waals surface area contributed by atoms with Gasteiger partial charge in [0.25, 0.3) is 0 Å². The average molecular weight is 391 g/mol. The maximum Gasteiger partial charge on any atom is 0.410 e. The molecule has 0 heterocycles. The summed E-state index contributed by atoms with van der Waals surface area (Å²) in [5.74, 6) is -0.0699. The molecule has 152 valence electrons. The van der Waals surface area contributed by atoms with Gasteiger partial charge in [-0.2, -0.15) is 0 Å². The molecule has 0 saturated heterocycles. The number of rotatable bonds is 5. The fraction of sp³-hybridized carbons (Fsp3) is 0.320. The molecule has 0 radical (unpaired) electrons. The van der Waals surface area contributed by atoms with Gasteiger partial charge in [0.1, 0.15) is 5.60 Å². The van der Waals surface area contributed by atoms with E-state index in [-0.39, 0.29) is 18.1 Å². The first kappa shape index (κ1) is 20.9. The standard InChI is InChI=1S/C25H30N2O2/c1-25(2,3)29-24(28)27(4)17-22(23(26)19-11-6-5-7-12-19)21-15-14-18-10-8-9-13-20(18)16-21/h5-16,22-23H,17,26H2,1-4H3/t22-,23-/m1/s1. The minimum Gasteiger partial charge on any atom is -0.444 e. The van der Waals surface area contributed by atoms with Crippen LogP contribution in [0.2, 0.25) is 0 Å². The second kappa shape index (κ2) is 8.66. The Hall–Kier alpha value is -2.85. The van der Waals surface area contributed by atoms with E-state index in [4.69, 9.17) is 10.5 Å². The molecule has 0 aliphatic carbocycles. The minimum atomic E-state index is -0.536. The van der Waals surface area contributed by atoms with Crippen LogP contribution in [0.4, 0.5) is 4.79 Å². The van der Waals surface area contributed by atoms with Crippen molar-refractivity contribution in [1.82, 2.24) is 4.90 Å². The van der Waals surface area contributed by atoms with Crippen molar-refractivity contribution in [3.63, 3.8) is 0 Å². The van der Waals surface area contributed by atoms with Crippen LogP contribution in [0.15, 0.2) is 72.8 Å². The van der Waals surface area contributed by atoms with E-state index in [1.165, 1.54) is 5.39 Å². The van der Waals surface area contributed by atoms with Crippen molar-refractivity contribution in [1.29, 1.82) is 0 Å². The number of nitrogens with two attached hydrogens (primary N) is 1. The van der Waals surface area contributed by atoms with E-state index < -0.39 is 5.60 Å². The summed E-state index contributed by atoms with van der Waals surface area (Å²) >= 11 is 0. The molecule has 0 bridgehead atoms. The van der Waals surface area contributed by atoms with Gasteiger partial charge in [0.2, 0.25) is 0 Å². The highest BCUT2D eigenvalue weighted by atomic mass is 16.6. The molecule has 0 unspecified atom stereocenters. The molecule has 0 aliphatic heterocycles. The molecule has 3 aromatic carbocycles. The molecule has 3 rings (SSSR count). The number of amides is 1. The van der Waals surface area contributed by atoms with Crippen LogP contribution < -0.4 is 5.73 Å². The van der Waals surface area contributed by atoms with Crippen LogP contribution in [0.5, 0.6) is 0 Å². The SMILES string of the molecule is CN(C[C@H](c1ccc2ccccc2c1)[C@H](N)c1ccccc1)C(=O)OC(C)(C)C. The third kappa shape index (κ3) is 5.36. The molecule has 4 heteroatoms. The van der Waals surface area contributed by atoms with Crippen molar-refractivity contribution in [3.05, 3.63) is 83.9 Å². The van der Waals surface area contributed by atoms with Crippen molar-refractivity contribution < 1.29 is 9.53 Å². The van der Waals surface area contributed by atoms with Crippen molar-refractivity contribution in [2.45, 2.75) is 38.3 Å². The summed E-state index contributed by atoms with van der Waals surface area (Å²) in [6.07, 6.45) is -0.344. The average Bonchev–Trinajstić information content (AvgIpc) is 2.70. The van der Waals surface area contributed by atoms with E-state index in [1.807, 2.05) is 63.2 Å². The van der Waals surface area contributed by atoms with Crippen LogP contribution in [0.3, 0.4) is 0 Å². The van der Waals surface area contributed by atoms with Gasteiger partial charge in [0.05, 0.1) is 0 Å². The Labute approximate surface area is 173 Å². The van der Waals surface area contributed by atoms with Crippen LogP contribution in [0.25, 0.3) is 10.8 Å². The first-order chi connectivity index (χ1) is 13.7. The first-order valence-electron chi connectivity index (χ1n) is 9.98. The molecule has 0 fully saturated rings. The number of nitrogens with zero attached hydrogens (tertiary/aromatic N) is 1. The third-order valence-electron chi connectivity index (χ3n) is 5.00. The van der Waals surface area contributed by atoms with Gasteiger partial charge in [-0.25, -0.2) is 4.79 Å². The second-order valence-corrected chi connectivity index (χ2v) is 8.51. The summed E-state index contributed by atoms with van der Waals surface area (Å²) < 4.78 is 5.54. The highest BCUT2D eigenvalue weighted by Gasteiger charge is 2.27. The van der Waals surface area contributed by atoms with Gasteiger partial charge in [0, 0.05) is 25.6 Å². The molecule has 0 spiro atoms. The Balaban J connectivity index is 1.93. The Bertz CT molecular complexity index is 963. The van der Waals surface area contributed by atoms with E-state index in [2.05, 4.69) is 30.3 Å². The van der Waals surface area contributed by atoms with E-state index in [1.54, 1.807) is 11.9 Å². The van der Waals surface area contributed by atoms with Crippen molar-refractivity contribution in [3.8, 4) is 0 Å². The summed E-state index contributed by atoms with van der Waals surface area (Å²) in [5.41, 5.74) is 8.33. The summed E-state index contributed by atoms with van der Waals surface area (Å²) in [6.45, 7) is 6.07. The predicted molar refractivity (Wildman–Crippen MR) is 119 cm³/mol. The number of likely N-dealkylation sites (N-methyl/N-ethyl adjacent to an activating group) is 1. The number of ether oxygens (including phenoxy) is 1. The predicted octanol–water partition coefficient (Wildman–Crippen LogP) is 5.49. The second-order valence-electron chi connectivity index (χ2n) is 8.51. The van der Waals surface area contributed by atoms with Crippen LogP contribution >= 0.6 is 0 Å². The van der Waals surface area contributed by atoms with Crippen LogP contribution in [-0.4, -0.2) is 30.2 Å². The highest BCUT2D eigenvalue weighted by Crippen LogP contribution is 2.32. The van der Waals surface area contributed by atoms with Gasteiger partial charge in [-0.1, -0.05) is 72.8 Å². The maximum absolute atomic E-state index is 12.6. The Morgan fingerprint density at radius 2 is 1.55 bits per heavy atom. The Kier molecular flexibility index (Phi) is 6.23. The van der Waals surface area contributed by atoms with Crippen molar-refractivity contribution >= 4 is 16.9 Å². The van der Waals surface area contributed by atoms with E-state index in [9.17, 15) is 4.79 Å². The molecule has 1 amide bonds. The van der Waals surface area contributed by atoms with Gasteiger partial charge in [-0.15, -0.1) is 0 Å². The zero-order chi connectivity index (χ0) is 21.0. The lowest BCUT2D eigenvalue weighted by atomic mass is 9.86. The number of fused-ring (bicyclic) bond motifs is 1. The fourth-order valence-electron chi connectivity index (χ4n) is 3.48. The Morgan fingerprint density at radius 3 is 2.21 bits per heavy atom. The largest absolute Gasteiger partial charge is 0.444 e. The topological polar surface area (TPSA) is 55.6 Å². The summed E-state index contributed by atoms with van der Waals surface area (Å²) in [5, 5.41) is 2.35. The lowest BCUT2D eigenvalue weighted by Crippen LogP contribution is -2.38.